The molecule has 0 bridgehead atoms. The number of carboxylic acid groups (broad SMARTS) is 1. The molecule has 1 atom stereocenters. The number of anilines is 1. The van der Waals surface area contributed by atoms with Gasteiger partial charge in [-0.25, -0.2) is 9.37 Å². The van der Waals surface area contributed by atoms with Gasteiger partial charge < -0.3 is 15.7 Å². The summed E-state index contributed by atoms with van der Waals surface area (Å²) in [7, 11) is 0. The molecule has 0 radical (unpaired) electrons. The number of carbonyl (C=O) groups is 1. The Balaban J connectivity index is 2.09. The fraction of sp³-hybridized carbons (Fsp3) is 0.188. The molecule has 0 saturated heterocycles. The molecule has 23 heavy (non-hydrogen) atoms. The maximum atomic E-state index is 13.0. The Morgan fingerprint density at radius 3 is 2.65 bits per heavy atom. The lowest BCUT2D eigenvalue weighted by molar-refractivity contribution is -0.137. The van der Waals surface area contributed by atoms with Crippen molar-refractivity contribution in [1.29, 1.82) is 0 Å². The third-order valence-corrected chi connectivity index (χ3v) is 3.33. The van der Waals surface area contributed by atoms with Crippen LogP contribution in [-0.4, -0.2) is 21.2 Å². The average Bonchev–Trinajstić information content (AvgIpc) is 2.46. The molecule has 1 heterocycles. The number of hydrogen-bond acceptors (Lipinski definition) is 3. The Bertz CT molecular complexity index is 707. The van der Waals surface area contributed by atoms with Crippen molar-refractivity contribution in [2.24, 2.45) is 0 Å². The highest BCUT2D eigenvalue weighted by atomic mass is 32.1. The molecule has 1 aromatic carbocycles. The normalized spacial score (nSPS) is 11.6. The van der Waals surface area contributed by atoms with Crippen LogP contribution in [0, 0.1) is 12.7 Å². The summed E-state index contributed by atoms with van der Waals surface area (Å²) in [4.78, 5) is 15.2. The average molecular weight is 333 g/mol. The van der Waals surface area contributed by atoms with Crippen LogP contribution < -0.4 is 10.6 Å². The highest BCUT2D eigenvalue weighted by Gasteiger charge is 2.17. The van der Waals surface area contributed by atoms with Crippen LogP contribution in [0.3, 0.4) is 0 Å². The van der Waals surface area contributed by atoms with E-state index >= 15 is 0 Å². The minimum atomic E-state index is -0.983. The van der Waals surface area contributed by atoms with Gasteiger partial charge in [0.05, 0.1) is 12.5 Å². The van der Waals surface area contributed by atoms with Crippen LogP contribution in [0.25, 0.3) is 0 Å². The third-order valence-electron chi connectivity index (χ3n) is 3.11. The van der Waals surface area contributed by atoms with Gasteiger partial charge in [-0.1, -0.05) is 12.1 Å². The standard InChI is InChI=1S/C16H16FN3O2S/c1-10-6-7-18-14(8-10)20-16(23)19-13(9-15(21)22)11-2-4-12(17)5-3-11/h2-8,13H,9H2,1H3,(H,21,22)(H2,18,19,20,23)/t13-/m0/s1. The molecule has 0 aliphatic carbocycles. The van der Waals surface area contributed by atoms with E-state index in [-0.39, 0.29) is 17.4 Å². The van der Waals surface area contributed by atoms with E-state index in [4.69, 9.17) is 17.3 Å². The van der Waals surface area contributed by atoms with Crippen molar-refractivity contribution in [2.75, 3.05) is 5.32 Å². The first-order valence-electron chi connectivity index (χ1n) is 6.91. The maximum Gasteiger partial charge on any atom is 0.305 e. The molecule has 0 amide bonds. The van der Waals surface area contributed by atoms with Crippen LogP contribution in [-0.2, 0) is 4.79 Å². The van der Waals surface area contributed by atoms with Crippen LogP contribution in [0.5, 0.6) is 0 Å². The quantitative estimate of drug-likeness (QED) is 0.731. The Morgan fingerprint density at radius 1 is 1.35 bits per heavy atom. The van der Waals surface area contributed by atoms with Crippen molar-refractivity contribution in [3.63, 3.8) is 0 Å². The van der Waals surface area contributed by atoms with Crippen molar-refractivity contribution < 1.29 is 14.3 Å². The second kappa shape index (κ2) is 7.64. The molecule has 1 aromatic heterocycles. The Hall–Kier alpha value is -2.54. The molecule has 0 saturated carbocycles. The highest BCUT2D eigenvalue weighted by molar-refractivity contribution is 7.80. The van der Waals surface area contributed by atoms with Crippen LogP contribution in [0.2, 0.25) is 0 Å². The first kappa shape index (κ1) is 16.8. The summed E-state index contributed by atoms with van der Waals surface area (Å²) in [6, 6.07) is 8.73. The number of carboxylic acids is 1. The predicted molar refractivity (Wildman–Crippen MR) is 89.7 cm³/mol. The first-order valence-corrected chi connectivity index (χ1v) is 7.32. The van der Waals surface area contributed by atoms with Crippen molar-refractivity contribution in [3.8, 4) is 0 Å². The topological polar surface area (TPSA) is 74.2 Å². The minimum Gasteiger partial charge on any atom is -0.481 e. The molecule has 7 heteroatoms. The van der Waals surface area contributed by atoms with E-state index in [1.54, 1.807) is 6.20 Å². The molecule has 0 aliphatic rings. The number of aromatic nitrogens is 1. The van der Waals surface area contributed by atoms with E-state index in [0.717, 1.165) is 5.56 Å². The van der Waals surface area contributed by atoms with Gasteiger partial charge in [0.25, 0.3) is 0 Å². The number of nitrogens with one attached hydrogen (secondary N) is 2. The van der Waals surface area contributed by atoms with E-state index in [2.05, 4.69) is 15.6 Å². The zero-order valence-electron chi connectivity index (χ0n) is 12.4. The Labute approximate surface area is 138 Å². The lowest BCUT2D eigenvalue weighted by Crippen LogP contribution is -2.33. The van der Waals surface area contributed by atoms with Gasteiger partial charge in [0.2, 0.25) is 0 Å². The molecule has 0 aliphatic heterocycles. The number of halogens is 1. The summed E-state index contributed by atoms with van der Waals surface area (Å²) in [5.41, 5.74) is 1.65. The molecular formula is C16H16FN3O2S. The smallest absolute Gasteiger partial charge is 0.305 e. The van der Waals surface area contributed by atoms with Gasteiger partial charge in [0, 0.05) is 6.20 Å². The first-order chi connectivity index (χ1) is 10.9. The molecule has 120 valence electrons. The van der Waals surface area contributed by atoms with Gasteiger partial charge >= 0.3 is 5.97 Å². The summed E-state index contributed by atoms with van der Waals surface area (Å²) in [6.45, 7) is 1.93. The van der Waals surface area contributed by atoms with Gasteiger partial charge in [0.15, 0.2) is 5.11 Å². The Kier molecular flexibility index (Phi) is 5.59. The van der Waals surface area contributed by atoms with E-state index in [1.165, 1.54) is 24.3 Å². The predicted octanol–water partition coefficient (Wildman–Crippen LogP) is 3.03. The molecule has 0 unspecified atom stereocenters. The molecule has 2 aromatic rings. The highest BCUT2D eigenvalue weighted by Crippen LogP contribution is 2.18. The number of aliphatic carboxylic acids is 1. The van der Waals surface area contributed by atoms with Crippen LogP contribution in [0.4, 0.5) is 10.2 Å². The molecule has 2 rings (SSSR count). The summed E-state index contributed by atoms with van der Waals surface area (Å²) in [5.74, 6) is -0.800. The number of nitrogens with zero attached hydrogens (tertiary/aromatic N) is 1. The zero-order chi connectivity index (χ0) is 16.8. The Morgan fingerprint density at radius 2 is 2.04 bits per heavy atom. The number of rotatable bonds is 5. The fourth-order valence-corrected chi connectivity index (χ4v) is 2.28. The molecule has 0 fully saturated rings. The summed E-state index contributed by atoms with van der Waals surface area (Å²) in [6.07, 6.45) is 1.46. The van der Waals surface area contributed by atoms with E-state index < -0.39 is 12.0 Å². The lowest BCUT2D eigenvalue weighted by Gasteiger charge is -2.19. The van der Waals surface area contributed by atoms with Gasteiger partial charge in [-0.05, 0) is 54.5 Å². The van der Waals surface area contributed by atoms with Crippen LogP contribution in [0.15, 0.2) is 42.6 Å². The fourth-order valence-electron chi connectivity index (χ4n) is 2.04. The van der Waals surface area contributed by atoms with E-state index in [0.29, 0.717) is 11.4 Å². The van der Waals surface area contributed by atoms with E-state index in [9.17, 15) is 9.18 Å². The molecular weight excluding hydrogens is 317 g/mol. The van der Waals surface area contributed by atoms with E-state index in [1.807, 2.05) is 19.1 Å². The third kappa shape index (κ3) is 5.30. The van der Waals surface area contributed by atoms with Crippen molar-refractivity contribution >= 4 is 29.1 Å². The molecule has 0 spiro atoms. The summed E-state index contributed by atoms with van der Waals surface area (Å²) in [5, 5.41) is 15.1. The van der Waals surface area contributed by atoms with Gasteiger partial charge in [-0.2, -0.15) is 0 Å². The number of thiocarbonyl (C=S) groups is 1. The minimum absolute atomic E-state index is 0.186. The maximum absolute atomic E-state index is 13.0. The van der Waals surface area contributed by atoms with Crippen molar-refractivity contribution in [2.45, 2.75) is 19.4 Å². The van der Waals surface area contributed by atoms with Gasteiger partial charge in [-0.15, -0.1) is 0 Å². The number of pyridine rings is 1. The second-order valence-corrected chi connectivity index (χ2v) is 5.43. The zero-order valence-corrected chi connectivity index (χ0v) is 13.2. The number of aryl methyl sites for hydroxylation is 1. The SMILES string of the molecule is Cc1ccnc(NC(=S)N[C@@H](CC(=O)O)c2ccc(F)cc2)c1. The van der Waals surface area contributed by atoms with Gasteiger partial charge in [0.1, 0.15) is 11.6 Å². The van der Waals surface area contributed by atoms with Crippen molar-refractivity contribution in [3.05, 3.63) is 59.5 Å². The van der Waals surface area contributed by atoms with Crippen LogP contribution in [0.1, 0.15) is 23.6 Å². The monoisotopic (exact) mass is 333 g/mol. The summed E-state index contributed by atoms with van der Waals surface area (Å²) >= 11 is 5.20. The second-order valence-electron chi connectivity index (χ2n) is 5.02. The van der Waals surface area contributed by atoms with Crippen LogP contribution >= 0.6 is 12.2 Å². The number of hydrogen-bond donors (Lipinski definition) is 3. The largest absolute Gasteiger partial charge is 0.481 e. The lowest BCUT2D eigenvalue weighted by atomic mass is 10.0. The number of benzene rings is 1. The molecule has 3 N–H and O–H groups in total. The summed E-state index contributed by atoms with van der Waals surface area (Å²) < 4.78 is 13.0. The van der Waals surface area contributed by atoms with Gasteiger partial charge in [-0.3, -0.25) is 4.79 Å². The van der Waals surface area contributed by atoms with Crippen molar-refractivity contribution in [1.82, 2.24) is 10.3 Å². The molecule has 5 nitrogen and oxygen atoms in total.